The van der Waals surface area contributed by atoms with Crippen LogP contribution in [-0.2, 0) is 4.74 Å². The van der Waals surface area contributed by atoms with Crippen LogP contribution in [0.5, 0.6) is 0 Å². The van der Waals surface area contributed by atoms with Crippen LogP contribution in [0.15, 0.2) is 12.4 Å². The first-order chi connectivity index (χ1) is 8.31. The summed E-state index contributed by atoms with van der Waals surface area (Å²) in [7, 11) is 0. The molecule has 5 nitrogen and oxygen atoms in total. The fourth-order valence-electron chi connectivity index (χ4n) is 1.98. The zero-order chi connectivity index (χ0) is 12.1. The lowest BCUT2D eigenvalue weighted by atomic mass is 10.1. The molecule has 1 aromatic rings. The minimum atomic E-state index is 0.0796. The molecule has 0 saturated carbocycles. The van der Waals surface area contributed by atoms with Crippen LogP contribution in [0.25, 0.3) is 0 Å². The lowest BCUT2D eigenvalue weighted by Crippen LogP contribution is -2.38. The van der Waals surface area contributed by atoms with Crippen LogP contribution in [0.3, 0.4) is 0 Å². The Hall–Kier alpha value is -0.910. The molecule has 1 fully saturated rings. The average Bonchev–Trinajstić information content (AvgIpc) is 2.38. The van der Waals surface area contributed by atoms with Crippen LogP contribution < -0.4 is 4.90 Å². The van der Waals surface area contributed by atoms with Gasteiger partial charge in [0.05, 0.1) is 19.3 Å². The van der Waals surface area contributed by atoms with Gasteiger partial charge in [-0.05, 0) is 12.8 Å². The normalized spacial score (nSPS) is 17.4. The second-order valence-corrected chi connectivity index (χ2v) is 4.31. The molecule has 17 heavy (non-hydrogen) atoms. The SMILES string of the molecule is OCCOC1CCN(c2nccnc2Cl)CC1. The number of aliphatic hydroxyl groups excluding tert-OH is 1. The van der Waals surface area contributed by atoms with E-state index in [1.807, 2.05) is 0 Å². The number of aliphatic hydroxyl groups is 1. The highest BCUT2D eigenvalue weighted by Gasteiger charge is 2.22. The number of halogens is 1. The molecule has 0 radical (unpaired) electrons. The number of nitrogens with zero attached hydrogens (tertiary/aromatic N) is 3. The van der Waals surface area contributed by atoms with E-state index in [0.717, 1.165) is 31.7 Å². The van der Waals surface area contributed by atoms with Gasteiger partial charge < -0.3 is 14.7 Å². The number of anilines is 1. The van der Waals surface area contributed by atoms with Gasteiger partial charge in [-0.15, -0.1) is 0 Å². The Morgan fingerprint density at radius 3 is 2.71 bits per heavy atom. The van der Waals surface area contributed by atoms with Crippen molar-refractivity contribution in [3.8, 4) is 0 Å². The standard InChI is InChI=1S/C11H16ClN3O2/c12-10-11(14-4-3-13-10)15-5-1-9(2-6-15)17-8-7-16/h3-4,9,16H,1-2,5-8H2. The van der Waals surface area contributed by atoms with E-state index in [-0.39, 0.29) is 12.7 Å². The summed E-state index contributed by atoms with van der Waals surface area (Å²) in [6.45, 7) is 2.20. The first-order valence-corrected chi connectivity index (χ1v) is 6.13. The quantitative estimate of drug-likeness (QED) is 0.876. The Bertz CT molecular complexity index is 356. The molecule has 0 atom stereocenters. The number of piperidine rings is 1. The highest BCUT2D eigenvalue weighted by molar-refractivity contribution is 6.31. The second kappa shape index (κ2) is 6.14. The summed E-state index contributed by atoms with van der Waals surface area (Å²) in [5.74, 6) is 0.745. The molecule has 1 aromatic heterocycles. The van der Waals surface area contributed by atoms with Gasteiger partial charge in [0, 0.05) is 25.5 Å². The number of hydrogen-bond acceptors (Lipinski definition) is 5. The predicted octanol–water partition coefficient (Wildman–Crippen LogP) is 1.11. The van der Waals surface area contributed by atoms with Crippen molar-refractivity contribution in [1.82, 2.24) is 9.97 Å². The summed E-state index contributed by atoms with van der Waals surface area (Å²) in [4.78, 5) is 10.4. The van der Waals surface area contributed by atoms with Crippen LogP contribution in [0.1, 0.15) is 12.8 Å². The van der Waals surface area contributed by atoms with Crippen molar-refractivity contribution in [2.24, 2.45) is 0 Å². The van der Waals surface area contributed by atoms with Crippen LogP contribution >= 0.6 is 11.6 Å². The summed E-state index contributed by atoms with van der Waals surface area (Å²) < 4.78 is 5.50. The first kappa shape index (κ1) is 12.5. The van der Waals surface area contributed by atoms with Gasteiger partial charge in [0.25, 0.3) is 0 Å². The van der Waals surface area contributed by atoms with E-state index >= 15 is 0 Å². The first-order valence-electron chi connectivity index (χ1n) is 5.75. The molecular weight excluding hydrogens is 242 g/mol. The lowest BCUT2D eigenvalue weighted by molar-refractivity contribution is 0.0158. The number of aromatic nitrogens is 2. The molecule has 0 amide bonds. The molecule has 1 saturated heterocycles. The fraction of sp³-hybridized carbons (Fsp3) is 0.636. The summed E-state index contributed by atoms with van der Waals surface area (Å²) >= 11 is 6.00. The summed E-state index contributed by atoms with van der Waals surface area (Å²) in [5.41, 5.74) is 0. The summed E-state index contributed by atoms with van der Waals surface area (Å²) in [5, 5.41) is 9.14. The van der Waals surface area contributed by atoms with Gasteiger partial charge in [0.2, 0.25) is 0 Å². The van der Waals surface area contributed by atoms with Gasteiger partial charge in [-0.1, -0.05) is 11.6 Å². The van der Waals surface area contributed by atoms with E-state index in [2.05, 4.69) is 14.9 Å². The number of hydrogen-bond donors (Lipinski definition) is 1. The molecular formula is C11H16ClN3O2. The van der Waals surface area contributed by atoms with Crippen molar-refractivity contribution in [3.63, 3.8) is 0 Å². The molecule has 1 aliphatic rings. The largest absolute Gasteiger partial charge is 0.394 e. The number of ether oxygens (including phenoxy) is 1. The molecule has 2 heterocycles. The summed E-state index contributed by atoms with van der Waals surface area (Å²) in [6.07, 6.45) is 5.31. The van der Waals surface area contributed by atoms with Crippen LogP contribution in [0.4, 0.5) is 5.82 Å². The molecule has 1 N–H and O–H groups in total. The van der Waals surface area contributed by atoms with Crippen molar-refractivity contribution >= 4 is 17.4 Å². The van der Waals surface area contributed by atoms with E-state index in [0.29, 0.717) is 11.8 Å². The van der Waals surface area contributed by atoms with Crippen molar-refractivity contribution in [2.45, 2.75) is 18.9 Å². The zero-order valence-electron chi connectivity index (χ0n) is 9.55. The fourth-order valence-corrected chi connectivity index (χ4v) is 2.20. The number of rotatable bonds is 4. The molecule has 0 aromatic carbocycles. The van der Waals surface area contributed by atoms with Gasteiger partial charge >= 0.3 is 0 Å². The molecule has 94 valence electrons. The minimum absolute atomic E-state index is 0.0796. The maximum absolute atomic E-state index is 8.69. The van der Waals surface area contributed by atoms with E-state index < -0.39 is 0 Å². The summed E-state index contributed by atoms with van der Waals surface area (Å²) in [6, 6.07) is 0. The third-order valence-corrected chi connectivity index (χ3v) is 3.09. The van der Waals surface area contributed by atoms with Crippen molar-refractivity contribution in [2.75, 3.05) is 31.2 Å². The average molecular weight is 258 g/mol. The van der Waals surface area contributed by atoms with E-state index in [1.165, 1.54) is 0 Å². The highest BCUT2D eigenvalue weighted by Crippen LogP contribution is 2.24. The van der Waals surface area contributed by atoms with E-state index in [9.17, 15) is 0 Å². The topological polar surface area (TPSA) is 58.5 Å². The Morgan fingerprint density at radius 2 is 2.06 bits per heavy atom. The van der Waals surface area contributed by atoms with Gasteiger partial charge in [0.15, 0.2) is 11.0 Å². The molecule has 1 aliphatic heterocycles. The second-order valence-electron chi connectivity index (χ2n) is 3.95. The lowest BCUT2D eigenvalue weighted by Gasteiger charge is -2.32. The Labute approximate surface area is 105 Å². The highest BCUT2D eigenvalue weighted by atomic mass is 35.5. The van der Waals surface area contributed by atoms with Gasteiger partial charge in [-0.2, -0.15) is 0 Å². The smallest absolute Gasteiger partial charge is 0.171 e. The minimum Gasteiger partial charge on any atom is -0.394 e. The Balaban J connectivity index is 1.89. The van der Waals surface area contributed by atoms with Gasteiger partial charge in [0.1, 0.15) is 0 Å². The van der Waals surface area contributed by atoms with Gasteiger partial charge in [-0.3, -0.25) is 0 Å². The van der Waals surface area contributed by atoms with Crippen molar-refractivity contribution in [3.05, 3.63) is 17.5 Å². The van der Waals surface area contributed by atoms with Crippen LogP contribution in [0, 0.1) is 0 Å². The maximum atomic E-state index is 8.69. The van der Waals surface area contributed by atoms with Crippen LogP contribution in [-0.4, -0.2) is 47.5 Å². The molecule has 0 aliphatic carbocycles. The maximum Gasteiger partial charge on any atom is 0.171 e. The van der Waals surface area contributed by atoms with E-state index in [1.54, 1.807) is 12.4 Å². The third kappa shape index (κ3) is 3.28. The molecule has 6 heteroatoms. The Kier molecular flexibility index (Phi) is 4.53. The monoisotopic (exact) mass is 257 g/mol. The molecule has 2 rings (SSSR count). The Morgan fingerprint density at radius 1 is 1.35 bits per heavy atom. The molecule has 0 spiro atoms. The van der Waals surface area contributed by atoms with Gasteiger partial charge in [-0.25, -0.2) is 9.97 Å². The predicted molar refractivity (Wildman–Crippen MR) is 65.3 cm³/mol. The third-order valence-electron chi connectivity index (χ3n) is 2.82. The molecule has 0 unspecified atom stereocenters. The zero-order valence-corrected chi connectivity index (χ0v) is 10.3. The van der Waals surface area contributed by atoms with Crippen molar-refractivity contribution < 1.29 is 9.84 Å². The molecule has 0 bridgehead atoms. The van der Waals surface area contributed by atoms with Crippen LogP contribution in [0.2, 0.25) is 5.15 Å². The van der Waals surface area contributed by atoms with Crippen molar-refractivity contribution in [1.29, 1.82) is 0 Å². The van der Waals surface area contributed by atoms with E-state index in [4.69, 9.17) is 21.4 Å².